The van der Waals surface area contributed by atoms with E-state index in [1.54, 1.807) is 12.3 Å². The molecule has 2 rings (SSSR count). The molecule has 0 atom stereocenters. The van der Waals surface area contributed by atoms with Gasteiger partial charge in [-0.1, -0.05) is 0 Å². The van der Waals surface area contributed by atoms with Crippen molar-refractivity contribution >= 4 is 33.6 Å². The molecule has 2 aromatic heterocycles. The molecule has 0 saturated heterocycles. The van der Waals surface area contributed by atoms with Crippen LogP contribution in [-0.2, 0) is 0 Å². The van der Waals surface area contributed by atoms with Crippen molar-refractivity contribution < 1.29 is 4.39 Å². The smallest absolute Gasteiger partial charge is 0.238 e. The molecule has 2 aromatic rings. The van der Waals surface area contributed by atoms with E-state index in [-0.39, 0.29) is 11.0 Å². The summed E-state index contributed by atoms with van der Waals surface area (Å²) in [6.45, 7) is 0. The predicted octanol–water partition coefficient (Wildman–Crippen LogP) is 2.21. The van der Waals surface area contributed by atoms with E-state index in [9.17, 15) is 4.39 Å². The molecule has 0 fully saturated rings. The SMILES string of the molecule is NNc1ncc(F)c(Sc2ncccc2Br)n1. The first kappa shape index (κ1) is 12.2. The van der Waals surface area contributed by atoms with Gasteiger partial charge in [0.15, 0.2) is 5.82 Å². The second-order valence-corrected chi connectivity index (χ2v) is 4.72. The van der Waals surface area contributed by atoms with E-state index in [2.05, 4.69) is 36.3 Å². The number of hydrogen-bond donors (Lipinski definition) is 2. The Morgan fingerprint density at radius 1 is 1.35 bits per heavy atom. The van der Waals surface area contributed by atoms with Gasteiger partial charge in [0.25, 0.3) is 0 Å². The number of halogens is 2. The lowest BCUT2D eigenvalue weighted by atomic mass is 10.5. The molecule has 0 bridgehead atoms. The predicted molar refractivity (Wildman–Crippen MR) is 65.9 cm³/mol. The summed E-state index contributed by atoms with van der Waals surface area (Å²) in [7, 11) is 0. The Morgan fingerprint density at radius 2 is 2.18 bits per heavy atom. The maximum atomic E-state index is 13.5. The third-order valence-electron chi connectivity index (χ3n) is 1.76. The molecule has 0 aliphatic rings. The van der Waals surface area contributed by atoms with E-state index >= 15 is 0 Å². The quantitative estimate of drug-likeness (QED) is 0.514. The molecule has 0 amide bonds. The van der Waals surface area contributed by atoms with Gasteiger partial charge in [0.2, 0.25) is 5.95 Å². The lowest BCUT2D eigenvalue weighted by Gasteiger charge is -2.04. The highest BCUT2D eigenvalue weighted by molar-refractivity contribution is 9.10. The molecule has 0 aliphatic heterocycles. The first-order valence-electron chi connectivity index (χ1n) is 4.48. The van der Waals surface area contributed by atoms with Crippen molar-refractivity contribution in [1.29, 1.82) is 0 Å². The van der Waals surface area contributed by atoms with Crippen molar-refractivity contribution in [2.75, 3.05) is 5.43 Å². The van der Waals surface area contributed by atoms with Gasteiger partial charge in [-0.3, -0.25) is 5.43 Å². The molecule has 0 aromatic carbocycles. The number of nitrogen functional groups attached to an aromatic ring is 1. The Hall–Kier alpha value is -1.25. The lowest BCUT2D eigenvalue weighted by Crippen LogP contribution is -2.11. The molecule has 17 heavy (non-hydrogen) atoms. The number of anilines is 1. The minimum atomic E-state index is -0.522. The topological polar surface area (TPSA) is 76.7 Å². The van der Waals surface area contributed by atoms with Crippen molar-refractivity contribution in [2.45, 2.75) is 10.1 Å². The monoisotopic (exact) mass is 315 g/mol. The summed E-state index contributed by atoms with van der Waals surface area (Å²) in [5.41, 5.74) is 2.26. The number of hydrogen-bond acceptors (Lipinski definition) is 6. The van der Waals surface area contributed by atoms with Gasteiger partial charge in [-0.2, -0.15) is 0 Å². The fourth-order valence-corrected chi connectivity index (χ4v) is 2.27. The van der Waals surface area contributed by atoms with E-state index in [1.165, 1.54) is 0 Å². The summed E-state index contributed by atoms with van der Waals surface area (Å²) in [4.78, 5) is 11.7. The van der Waals surface area contributed by atoms with Crippen molar-refractivity contribution in [2.24, 2.45) is 5.84 Å². The second-order valence-electron chi connectivity index (χ2n) is 2.88. The minimum Gasteiger partial charge on any atom is -0.292 e. The van der Waals surface area contributed by atoms with Crippen LogP contribution in [0.2, 0.25) is 0 Å². The van der Waals surface area contributed by atoms with Gasteiger partial charge in [0, 0.05) is 6.20 Å². The Balaban J connectivity index is 2.32. The Kier molecular flexibility index (Phi) is 3.87. The number of pyridine rings is 1. The zero-order valence-electron chi connectivity index (χ0n) is 8.39. The van der Waals surface area contributed by atoms with E-state index in [1.807, 2.05) is 6.07 Å². The normalized spacial score (nSPS) is 10.3. The fourth-order valence-electron chi connectivity index (χ4n) is 1.03. The first-order valence-corrected chi connectivity index (χ1v) is 6.09. The zero-order valence-corrected chi connectivity index (χ0v) is 10.8. The van der Waals surface area contributed by atoms with Crippen LogP contribution in [0.15, 0.2) is 39.1 Å². The van der Waals surface area contributed by atoms with Crippen LogP contribution >= 0.6 is 27.7 Å². The zero-order chi connectivity index (χ0) is 12.3. The summed E-state index contributed by atoms with van der Waals surface area (Å²) in [5.74, 6) is 4.79. The van der Waals surface area contributed by atoms with E-state index in [0.717, 1.165) is 22.4 Å². The largest absolute Gasteiger partial charge is 0.292 e. The van der Waals surface area contributed by atoms with Gasteiger partial charge >= 0.3 is 0 Å². The van der Waals surface area contributed by atoms with Gasteiger partial charge in [-0.05, 0) is 39.8 Å². The molecule has 0 unspecified atom stereocenters. The maximum Gasteiger partial charge on any atom is 0.238 e. The molecular formula is C9H7BrFN5S. The summed E-state index contributed by atoms with van der Waals surface area (Å²) in [6, 6.07) is 3.59. The Morgan fingerprint density at radius 3 is 2.88 bits per heavy atom. The second kappa shape index (κ2) is 5.39. The summed E-state index contributed by atoms with van der Waals surface area (Å²) in [5, 5.41) is 0.778. The van der Waals surface area contributed by atoms with E-state index in [0.29, 0.717) is 5.03 Å². The van der Waals surface area contributed by atoms with Gasteiger partial charge in [-0.25, -0.2) is 25.2 Å². The Bertz CT molecular complexity index is 539. The van der Waals surface area contributed by atoms with Crippen molar-refractivity contribution in [3.05, 3.63) is 34.8 Å². The number of nitrogens with two attached hydrogens (primary N) is 1. The van der Waals surface area contributed by atoms with E-state index in [4.69, 9.17) is 5.84 Å². The molecule has 0 spiro atoms. The standard InChI is InChI=1S/C9H7BrFN5S/c10-5-2-1-3-13-7(5)17-8-6(11)4-14-9(15-8)16-12/h1-4H,12H2,(H,14,15,16). The minimum absolute atomic E-state index is 0.154. The van der Waals surface area contributed by atoms with Crippen molar-refractivity contribution in [3.63, 3.8) is 0 Å². The highest BCUT2D eigenvalue weighted by atomic mass is 79.9. The molecular weight excluding hydrogens is 309 g/mol. The van der Waals surface area contributed by atoms with Gasteiger partial charge in [-0.15, -0.1) is 0 Å². The molecule has 5 nitrogen and oxygen atoms in total. The lowest BCUT2D eigenvalue weighted by molar-refractivity contribution is 0.579. The van der Waals surface area contributed by atoms with Crippen LogP contribution in [0.4, 0.5) is 10.3 Å². The third kappa shape index (κ3) is 2.90. The summed E-state index contributed by atoms with van der Waals surface area (Å²) in [6.07, 6.45) is 2.68. The third-order valence-corrected chi connectivity index (χ3v) is 3.66. The van der Waals surface area contributed by atoms with Gasteiger partial charge in [0.05, 0.1) is 10.7 Å². The summed E-state index contributed by atoms with van der Waals surface area (Å²) < 4.78 is 14.2. The van der Waals surface area contributed by atoms with Gasteiger partial charge in [0.1, 0.15) is 10.1 Å². The number of aromatic nitrogens is 3. The molecule has 0 aliphatic carbocycles. The highest BCUT2D eigenvalue weighted by Gasteiger charge is 2.11. The van der Waals surface area contributed by atoms with Crippen molar-refractivity contribution in [3.8, 4) is 0 Å². The molecule has 3 N–H and O–H groups in total. The average Bonchev–Trinajstić information content (AvgIpc) is 2.35. The van der Waals surface area contributed by atoms with Gasteiger partial charge < -0.3 is 0 Å². The van der Waals surface area contributed by atoms with Crippen LogP contribution < -0.4 is 11.3 Å². The van der Waals surface area contributed by atoms with Crippen LogP contribution in [0.1, 0.15) is 0 Å². The number of nitrogens with zero attached hydrogens (tertiary/aromatic N) is 3. The van der Waals surface area contributed by atoms with Crippen LogP contribution in [0.25, 0.3) is 0 Å². The van der Waals surface area contributed by atoms with Crippen LogP contribution in [-0.4, -0.2) is 15.0 Å². The number of rotatable bonds is 3. The molecule has 0 saturated carbocycles. The fraction of sp³-hybridized carbons (Fsp3) is 0. The average molecular weight is 316 g/mol. The number of hydrazine groups is 1. The maximum absolute atomic E-state index is 13.5. The molecule has 8 heteroatoms. The van der Waals surface area contributed by atoms with Crippen LogP contribution in [0.3, 0.4) is 0 Å². The molecule has 2 heterocycles. The summed E-state index contributed by atoms with van der Waals surface area (Å²) >= 11 is 4.42. The Labute approximate surface area is 109 Å². The van der Waals surface area contributed by atoms with E-state index < -0.39 is 5.82 Å². The molecule has 0 radical (unpaired) electrons. The van der Waals surface area contributed by atoms with Crippen LogP contribution in [0, 0.1) is 5.82 Å². The van der Waals surface area contributed by atoms with Crippen molar-refractivity contribution in [1.82, 2.24) is 15.0 Å². The molecule has 88 valence electrons. The number of nitrogens with one attached hydrogen (secondary N) is 1. The van der Waals surface area contributed by atoms with Crippen LogP contribution in [0.5, 0.6) is 0 Å². The first-order chi connectivity index (χ1) is 8.20. The highest BCUT2D eigenvalue weighted by Crippen LogP contribution is 2.31.